The summed E-state index contributed by atoms with van der Waals surface area (Å²) in [5.41, 5.74) is 1.25. The van der Waals surface area contributed by atoms with Crippen molar-refractivity contribution in [2.75, 3.05) is 0 Å². The first-order chi connectivity index (χ1) is 3.43. The average Bonchev–Trinajstić information content (AvgIpc) is 2.14. The molecular formula is C7H8. The summed E-state index contributed by atoms with van der Waals surface area (Å²) in [5.74, 6) is 0. The van der Waals surface area contributed by atoms with Crippen LogP contribution in [0.4, 0.5) is 0 Å². The van der Waals surface area contributed by atoms with Crippen LogP contribution in [0.1, 0.15) is 6.42 Å². The lowest BCUT2D eigenvalue weighted by molar-refractivity contribution is 1.44. The van der Waals surface area contributed by atoms with Crippen LogP contribution in [0.25, 0.3) is 0 Å². The minimum absolute atomic E-state index is 1.08. The predicted octanol–water partition coefficient (Wildman–Crippen LogP) is 2.06. The summed E-state index contributed by atoms with van der Waals surface area (Å²) in [6.07, 6.45) is 9.29. The molecule has 0 saturated carbocycles. The van der Waals surface area contributed by atoms with Crippen LogP contribution in [0.5, 0.6) is 0 Å². The van der Waals surface area contributed by atoms with Crippen LogP contribution < -0.4 is 0 Å². The van der Waals surface area contributed by atoms with E-state index in [2.05, 4.69) is 24.8 Å². The smallest absolute Gasteiger partial charge is 0.0157 e. The summed E-state index contributed by atoms with van der Waals surface area (Å²) in [5, 5.41) is 0. The van der Waals surface area contributed by atoms with Crippen molar-refractivity contribution in [1.29, 1.82) is 0 Å². The standard InChI is InChI=1S/C7H8/c1-2-7-5-3-4-6-7/h2-3,5-6H,1,4H2/i2+1,7+1. The molecule has 0 saturated heterocycles. The van der Waals surface area contributed by atoms with Gasteiger partial charge in [0, 0.05) is 0 Å². The van der Waals surface area contributed by atoms with E-state index in [1.807, 2.05) is 6.08 Å². The molecule has 0 aromatic carbocycles. The van der Waals surface area contributed by atoms with Crippen molar-refractivity contribution >= 4 is 0 Å². The van der Waals surface area contributed by atoms with Crippen LogP contribution in [-0.4, -0.2) is 0 Å². The Hall–Kier alpha value is -0.780. The van der Waals surface area contributed by atoms with Gasteiger partial charge in [-0.1, -0.05) is 30.9 Å². The maximum atomic E-state index is 3.62. The zero-order chi connectivity index (χ0) is 5.11. The van der Waals surface area contributed by atoms with E-state index >= 15 is 0 Å². The maximum absolute atomic E-state index is 3.62. The second-order valence-corrected chi connectivity index (χ2v) is 1.55. The monoisotopic (exact) mass is 94.1 g/mol. The SMILES string of the molecule is C=[13CH][13C]1=CCC=C1. The van der Waals surface area contributed by atoms with Crippen LogP contribution in [0, 0.1) is 0 Å². The third kappa shape index (κ3) is 0.801. The van der Waals surface area contributed by atoms with E-state index in [9.17, 15) is 0 Å². The van der Waals surface area contributed by atoms with Gasteiger partial charge in [-0.15, -0.1) is 0 Å². The Morgan fingerprint density at radius 3 is 2.86 bits per heavy atom. The molecule has 0 fully saturated rings. The van der Waals surface area contributed by atoms with Crippen molar-refractivity contribution < 1.29 is 0 Å². The summed E-state index contributed by atoms with van der Waals surface area (Å²) in [7, 11) is 0. The number of rotatable bonds is 1. The quantitative estimate of drug-likeness (QED) is 0.436. The van der Waals surface area contributed by atoms with Gasteiger partial charge in [0.1, 0.15) is 0 Å². The first-order valence-electron chi connectivity index (χ1n) is 2.42. The molecule has 0 amide bonds. The van der Waals surface area contributed by atoms with Crippen molar-refractivity contribution in [2.24, 2.45) is 0 Å². The molecule has 1 rings (SSSR count). The second-order valence-electron chi connectivity index (χ2n) is 1.55. The molecule has 0 atom stereocenters. The summed E-state index contributed by atoms with van der Waals surface area (Å²) in [4.78, 5) is 0. The Morgan fingerprint density at radius 2 is 2.57 bits per heavy atom. The minimum Gasteiger partial charge on any atom is -0.0985 e. The summed E-state index contributed by atoms with van der Waals surface area (Å²) in [6.45, 7) is 3.62. The molecule has 0 bridgehead atoms. The van der Waals surface area contributed by atoms with Crippen molar-refractivity contribution in [3.05, 3.63) is 36.5 Å². The van der Waals surface area contributed by atoms with E-state index < -0.39 is 0 Å². The number of hydrogen-bond acceptors (Lipinski definition) is 0. The Bertz CT molecular complexity index is 127. The molecule has 0 heteroatoms. The van der Waals surface area contributed by atoms with Crippen LogP contribution >= 0.6 is 0 Å². The fraction of sp³-hybridized carbons (Fsp3) is 0.143. The van der Waals surface area contributed by atoms with Crippen molar-refractivity contribution in [2.45, 2.75) is 6.42 Å². The molecule has 0 spiro atoms. The van der Waals surface area contributed by atoms with E-state index in [0.29, 0.717) is 0 Å². The van der Waals surface area contributed by atoms with Gasteiger partial charge >= 0.3 is 0 Å². The van der Waals surface area contributed by atoms with Crippen LogP contribution in [0.2, 0.25) is 0 Å². The predicted molar refractivity (Wildman–Crippen MR) is 32.0 cm³/mol. The van der Waals surface area contributed by atoms with E-state index in [1.165, 1.54) is 5.57 Å². The summed E-state index contributed by atoms with van der Waals surface area (Å²) in [6, 6.07) is 0. The molecule has 0 heterocycles. The first-order valence-corrected chi connectivity index (χ1v) is 2.42. The minimum atomic E-state index is 1.08. The number of hydrogen-bond donors (Lipinski definition) is 0. The van der Waals surface area contributed by atoms with Gasteiger partial charge in [0.25, 0.3) is 0 Å². The zero-order valence-corrected chi connectivity index (χ0v) is 4.22. The molecule has 7 heavy (non-hydrogen) atoms. The Morgan fingerprint density at radius 1 is 1.71 bits per heavy atom. The molecule has 0 aromatic rings. The highest BCUT2D eigenvalue weighted by molar-refractivity contribution is 5.34. The molecule has 0 radical (unpaired) electrons. The van der Waals surface area contributed by atoms with E-state index in [4.69, 9.17) is 0 Å². The first kappa shape index (κ1) is 4.38. The Labute approximate surface area is 43.9 Å². The second kappa shape index (κ2) is 1.78. The molecule has 0 nitrogen and oxygen atoms in total. The molecule has 0 aliphatic heterocycles. The van der Waals surface area contributed by atoms with Gasteiger partial charge in [-0.2, -0.15) is 0 Å². The normalized spacial score (nSPS) is 16.9. The van der Waals surface area contributed by atoms with E-state index in [1.54, 1.807) is 0 Å². The highest BCUT2D eigenvalue weighted by Crippen LogP contribution is 2.07. The van der Waals surface area contributed by atoms with Crippen LogP contribution in [0.15, 0.2) is 36.5 Å². The number of allylic oxidation sites excluding steroid dienone is 5. The molecule has 36 valence electrons. The van der Waals surface area contributed by atoms with Crippen LogP contribution in [0.3, 0.4) is 0 Å². The lowest BCUT2D eigenvalue weighted by Crippen LogP contribution is -1.57. The van der Waals surface area contributed by atoms with Gasteiger partial charge in [0.15, 0.2) is 0 Å². The van der Waals surface area contributed by atoms with Crippen LogP contribution in [-0.2, 0) is 0 Å². The molecule has 0 unspecified atom stereocenters. The maximum Gasteiger partial charge on any atom is -0.0157 e. The van der Waals surface area contributed by atoms with Gasteiger partial charge in [0.05, 0.1) is 0 Å². The highest BCUT2D eigenvalue weighted by Gasteiger charge is 1.87. The van der Waals surface area contributed by atoms with Gasteiger partial charge in [0.2, 0.25) is 0 Å². The molecular weight excluding hydrogens is 86.1 g/mol. The molecule has 0 N–H and O–H groups in total. The average molecular weight is 94.1 g/mol. The lowest BCUT2D eigenvalue weighted by atomic mass is 10.5. The largest absolute Gasteiger partial charge is 0.0985 e. The van der Waals surface area contributed by atoms with E-state index in [-0.39, 0.29) is 0 Å². The molecule has 1 aliphatic carbocycles. The van der Waals surface area contributed by atoms with Crippen molar-refractivity contribution in [3.63, 3.8) is 0 Å². The lowest BCUT2D eigenvalue weighted by Gasteiger charge is -1.77. The van der Waals surface area contributed by atoms with Gasteiger partial charge in [-0.05, 0) is 12.0 Å². The third-order valence-corrected chi connectivity index (χ3v) is 1.04. The zero-order valence-electron chi connectivity index (χ0n) is 4.22. The topological polar surface area (TPSA) is 0 Å². The van der Waals surface area contributed by atoms with Crippen molar-refractivity contribution in [1.82, 2.24) is 0 Å². The third-order valence-electron chi connectivity index (χ3n) is 1.04. The Kier molecular flexibility index (Phi) is 1.12. The van der Waals surface area contributed by atoms with Gasteiger partial charge in [-0.3, -0.25) is 0 Å². The fourth-order valence-electron chi connectivity index (χ4n) is 0.628. The molecule has 0 aromatic heterocycles. The van der Waals surface area contributed by atoms with Gasteiger partial charge < -0.3 is 0 Å². The Balaban J connectivity index is 2.69. The summed E-state index contributed by atoms with van der Waals surface area (Å²) >= 11 is 0. The fourth-order valence-corrected chi connectivity index (χ4v) is 0.628. The summed E-state index contributed by atoms with van der Waals surface area (Å²) < 4.78 is 0. The van der Waals surface area contributed by atoms with Crippen molar-refractivity contribution in [3.8, 4) is 0 Å². The molecule has 1 aliphatic rings. The highest BCUT2D eigenvalue weighted by atomic mass is 14.5. The van der Waals surface area contributed by atoms with E-state index in [0.717, 1.165) is 6.42 Å². The van der Waals surface area contributed by atoms with Gasteiger partial charge in [-0.25, -0.2) is 0 Å².